The Labute approximate surface area is 160 Å². The van der Waals surface area contributed by atoms with Gasteiger partial charge in [0, 0.05) is 11.9 Å². The van der Waals surface area contributed by atoms with Crippen molar-refractivity contribution >= 4 is 22.6 Å². The molecule has 0 aliphatic carbocycles. The highest BCUT2D eigenvalue weighted by atomic mass is 16.5. The van der Waals surface area contributed by atoms with E-state index < -0.39 is 24.0 Å². The number of aliphatic hydroxyl groups is 1. The highest BCUT2D eigenvalue weighted by molar-refractivity contribution is 6.02. The second-order valence-corrected chi connectivity index (χ2v) is 5.98. The van der Waals surface area contributed by atoms with Crippen molar-refractivity contribution in [1.29, 1.82) is 0 Å². The van der Waals surface area contributed by atoms with E-state index in [2.05, 4.69) is 10.4 Å². The smallest absolute Gasteiger partial charge is 0.359 e. The van der Waals surface area contributed by atoms with E-state index in [1.807, 2.05) is 30.3 Å². The highest BCUT2D eigenvalue weighted by Gasteiger charge is 2.18. The number of aromatic nitrogens is 2. The third kappa shape index (κ3) is 4.41. The van der Waals surface area contributed by atoms with Crippen molar-refractivity contribution in [1.82, 2.24) is 15.1 Å². The van der Waals surface area contributed by atoms with Gasteiger partial charge in [-0.1, -0.05) is 48.5 Å². The first kappa shape index (κ1) is 19.2. The fourth-order valence-electron chi connectivity index (χ4n) is 2.68. The molecule has 0 unspecified atom stereocenters. The molecule has 0 aliphatic rings. The third-order valence-corrected chi connectivity index (χ3v) is 4.04. The molecule has 2 N–H and O–H groups in total. The van der Waals surface area contributed by atoms with E-state index in [-0.39, 0.29) is 24.2 Å². The van der Waals surface area contributed by atoms with Gasteiger partial charge in [0.15, 0.2) is 12.3 Å². The lowest BCUT2D eigenvalue weighted by Crippen LogP contribution is -2.30. The van der Waals surface area contributed by atoms with Crippen LogP contribution in [0.1, 0.15) is 16.1 Å². The summed E-state index contributed by atoms with van der Waals surface area (Å²) in [5.41, 5.74) is 0.423. The topological polar surface area (TPSA) is 111 Å². The van der Waals surface area contributed by atoms with Crippen molar-refractivity contribution in [3.05, 3.63) is 76.2 Å². The molecule has 0 spiro atoms. The molecule has 3 aromatic rings. The number of rotatable bonds is 7. The van der Waals surface area contributed by atoms with E-state index in [4.69, 9.17) is 9.84 Å². The Hall–Kier alpha value is -3.52. The zero-order chi connectivity index (χ0) is 19.9. The van der Waals surface area contributed by atoms with Crippen LogP contribution in [0.3, 0.4) is 0 Å². The SMILES string of the molecule is O=C(COC(=O)c1nn(CCO)c(=O)c2ccccc12)NCc1ccccc1. The molecule has 8 nitrogen and oxygen atoms in total. The van der Waals surface area contributed by atoms with Gasteiger partial charge in [-0.3, -0.25) is 9.59 Å². The number of nitrogens with one attached hydrogen (secondary N) is 1. The number of nitrogens with zero attached hydrogens (tertiary/aromatic N) is 2. The van der Waals surface area contributed by atoms with Crippen LogP contribution in [0.25, 0.3) is 10.8 Å². The van der Waals surface area contributed by atoms with Crippen LogP contribution >= 0.6 is 0 Å². The van der Waals surface area contributed by atoms with Crippen molar-refractivity contribution in [3.8, 4) is 0 Å². The van der Waals surface area contributed by atoms with Gasteiger partial charge in [-0.05, 0) is 11.6 Å². The minimum atomic E-state index is -0.822. The molecule has 3 rings (SSSR count). The standard InChI is InChI=1S/C20H19N3O5/c24-11-10-23-19(26)16-9-5-4-8-15(16)18(22-23)20(27)28-13-17(25)21-12-14-6-2-1-3-7-14/h1-9,24H,10-13H2,(H,21,25). The van der Waals surface area contributed by atoms with Gasteiger partial charge in [-0.2, -0.15) is 5.10 Å². The minimum absolute atomic E-state index is 0.0541. The van der Waals surface area contributed by atoms with Gasteiger partial charge in [-0.15, -0.1) is 0 Å². The molecular weight excluding hydrogens is 362 g/mol. The Kier molecular flexibility index (Phi) is 6.13. The van der Waals surface area contributed by atoms with Crippen molar-refractivity contribution in [2.45, 2.75) is 13.1 Å². The summed E-state index contributed by atoms with van der Waals surface area (Å²) in [6, 6.07) is 15.8. The van der Waals surface area contributed by atoms with Gasteiger partial charge < -0.3 is 15.2 Å². The molecule has 2 aromatic carbocycles. The monoisotopic (exact) mass is 381 g/mol. The molecule has 1 amide bonds. The molecule has 1 aromatic heterocycles. The molecule has 8 heteroatoms. The number of carbonyl (C=O) groups excluding carboxylic acids is 2. The van der Waals surface area contributed by atoms with Crippen molar-refractivity contribution in [2.24, 2.45) is 0 Å². The number of ether oxygens (including phenoxy) is 1. The summed E-state index contributed by atoms with van der Waals surface area (Å²) in [4.78, 5) is 36.8. The lowest BCUT2D eigenvalue weighted by Gasteiger charge is -2.10. The Bertz CT molecular complexity index is 1050. The second kappa shape index (κ2) is 8.92. The molecular formula is C20H19N3O5. The predicted molar refractivity (Wildman–Crippen MR) is 102 cm³/mol. The molecule has 0 atom stereocenters. The zero-order valence-electron chi connectivity index (χ0n) is 15.0. The van der Waals surface area contributed by atoms with Crippen LogP contribution in [-0.4, -0.2) is 40.0 Å². The number of hydrogen-bond donors (Lipinski definition) is 2. The highest BCUT2D eigenvalue weighted by Crippen LogP contribution is 2.14. The van der Waals surface area contributed by atoms with E-state index in [1.165, 1.54) is 0 Å². The van der Waals surface area contributed by atoms with E-state index in [1.54, 1.807) is 24.3 Å². The summed E-state index contributed by atoms with van der Waals surface area (Å²) in [6.45, 7) is -0.510. The lowest BCUT2D eigenvalue weighted by molar-refractivity contribution is -0.124. The largest absolute Gasteiger partial charge is 0.451 e. The van der Waals surface area contributed by atoms with Crippen LogP contribution in [0.4, 0.5) is 0 Å². The maximum atomic E-state index is 12.5. The average Bonchev–Trinajstić information content (AvgIpc) is 2.73. The fourth-order valence-corrected chi connectivity index (χ4v) is 2.68. The molecule has 0 aliphatic heterocycles. The van der Waals surface area contributed by atoms with Crippen molar-refractivity contribution in [3.63, 3.8) is 0 Å². The molecule has 28 heavy (non-hydrogen) atoms. The zero-order valence-corrected chi connectivity index (χ0v) is 15.0. The van der Waals surface area contributed by atoms with Gasteiger partial charge in [0.1, 0.15) is 0 Å². The van der Waals surface area contributed by atoms with E-state index >= 15 is 0 Å². The molecule has 0 saturated heterocycles. The van der Waals surface area contributed by atoms with Crippen LogP contribution in [0.5, 0.6) is 0 Å². The lowest BCUT2D eigenvalue weighted by atomic mass is 10.1. The molecule has 0 bridgehead atoms. The van der Waals surface area contributed by atoms with Gasteiger partial charge in [0.05, 0.1) is 18.5 Å². The molecule has 144 valence electrons. The normalized spacial score (nSPS) is 10.6. The second-order valence-electron chi connectivity index (χ2n) is 5.98. The predicted octanol–water partition coefficient (Wildman–Crippen LogP) is 0.862. The van der Waals surface area contributed by atoms with Crippen LogP contribution < -0.4 is 10.9 Å². The number of hydrogen-bond acceptors (Lipinski definition) is 6. The third-order valence-electron chi connectivity index (χ3n) is 4.04. The number of esters is 1. The summed E-state index contributed by atoms with van der Waals surface area (Å²) in [7, 11) is 0. The van der Waals surface area contributed by atoms with Crippen LogP contribution in [0, 0.1) is 0 Å². The first-order chi connectivity index (χ1) is 13.6. The minimum Gasteiger partial charge on any atom is -0.451 e. The van der Waals surface area contributed by atoms with Crippen LogP contribution in [0.2, 0.25) is 0 Å². The number of aliphatic hydroxyl groups excluding tert-OH is 1. The average molecular weight is 381 g/mol. The van der Waals surface area contributed by atoms with Gasteiger partial charge in [-0.25, -0.2) is 9.48 Å². The fraction of sp³-hybridized carbons (Fsp3) is 0.200. The molecule has 0 fully saturated rings. The summed E-state index contributed by atoms with van der Waals surface area (Å²) in [6.07, 6.45) is 0. The van der Waals surface area contributed by atoms with Crippen molar-refractivity contribution < 1.29 is 19.4 Å². The Morgan fingerprint density at radius 1 is 1.04 bits per heavy atom. The Morgan fingerprint density at radius 2 is 1.71 bits per heavy atom. The molecule has 1 heterocycles. The first-order valence-electron chi connectivity index (χ1n) is 8.68. The first-order valence-corrected chi connectivity index (χ1v) is 8.68. The van der Waals surface area contributed by atoms with E-state index in [0.29, 0.717) is 11.9 Å². The molecule has 0 radical (unpaired) electrons. The van der Waals surface area contributed by atoms with Gasteiger partial charge in [0.2, 0.25) is 0 Å². The molecule has 0 saturated carbocycles. The summed E-state index contributed by atoms with van der Waals surface area (Å²) < 4.78 is 6.08. The van der Waals surface area contributed by atoms with Crippen LogP contribution in [0.15, 0.2) is 59.4 Å². The Morgan fingerprint density at radius 3 is 2.43 bits per heavy atom. The van der Waals surface area contributed by atoms with Crippen LogP contribution in [-0.2, 0) is 22.6 Å². The summed E-state index contributed by atoms with van der Waals surface area (Å²) >= 11 is 0. The van der Waals surface area contributed by atoms with E-state index in [9.17, 15) is 14.4 Å². The quantitative estimate of drug-likeness (QED) is 0.588. The number of amides is 1. The van der Waals surface area contributed by atoms with E-state index in [0.717, 1.165) is 10.2 Å². The van der Waals surface area contributed by atoms with Gasteiger partial charge >= 0.3 is 5.97 Å². The maximum absolute atomic E-state index is 12.5. The van der Waals surface area contributed by atoms with Crippen molar-refractivity contribution in [2.75, 3.05) is 13.2 Å². The number of benzene rings is 2. The number of carbonyl (C=O) groups is 2. The number of fused-ring (bicyclic) bond motifs is 1. The maximum Gasteiger partial charge on any atom is 0.359 e. The Balaban J connectivity index is 1.71. The summed E-state index contributed by atoms with van der Waals surface area (Å²) in [5.74, 6) is -1.28. The summed E-state index contributed by atoms with van der Waals surface area (Å²) in [5, 5.41) is 16.4. The van der Waals surface area contributed by atoms with Gasteiger partial charge in [0.25, 0.3) is 11.5 Å².